The fourth-order valence-electron chi connectivity index (χ4n) is 3.76. The fourth-order valence-corrected chi connectivity index (χ4v) is 5.14. The van der Waals surface area contributed by atoms with Gasteiger partial charge in [0.2, 0.25) is 5.91 Å². The van der Waals surface area contributed by atoms with Gasteiger partial charge in [0.15, 0.2) is 0 Å². The van der Waals surface area contributed by atoms with E-state index >= 15 is 0 Å². The number of thiocarbonyl (C=S) groups is 1. The van der Waals surface area contributed by atoms with E-state index in [0.717, 1.165) is 30.2 Å². The third kappa shape index (κ3) is 4.08. The standard InChI is InChI=1S/C24H23N3O3S2/c1-3-4-13-26-23(30)21(32-24(26)31)20-16-10-6-8-12-18(16)27(22(20)29)14-19(28)25-17-11-7-5-9-15(17)2/h5-12H,3-4,13-14H2,1-2H3,(H,25,28). The van der Waals surface area contributed by atoms with E-state index in [1.807, 2.05) is 50.2 Å². The van der Waals surface area contributed by atoms with Gasteiger partial charge in [0.1, 0.15) is 10.9 Å². The highest BCUT2D eigenvalue weighted by Gasteiger charge is 2.42. The molecule has 0 unspecified atom stereocenters. The third-order valence-electron chi connectivity index (χ3n) is 5.46. The summed E-state index contributed by atoms with van der Waals surface area (Å²) in [5.74, 6) is -0.904. The zero-order chi connectivity index (χ0) is 22.8. The zero-order valence-electron chi connectivity index (χ0n) is 17.9. The Labute approximate surface area is 196 Å². The summed E-state index contributed by atoms with van der Waals surface area (Å²) in [6.07, 6.45) is 1.78. The maximum atomic E-state index is 13.4. The number of carbonyl (C=O) groups is 3. The van der Waals surface area contributed by atoms with Gasteiger partial charge in [0.05, 0.1) is 16.2 Å². The SMILES string of the molecule is CCCCN1C(=O)C(=C2C(=O)N(CC(=O)Nc3ccccc3C)c3ccccc32)SC1=S. The van der Waals surface area contributed by atoms with Crippen LogP contribution in [-0.2, 0) is 14.4 Å². The Morgan fingerprint density at radius 1 is 1.03 bits per heavy atom. The van der Waals surface area contributed by atoms with Crippen molar-refractivity contribution in [1.82, 2.24) is 4.90 Å². The van der Waals surface area contributed by atoms with Crippen LogP contribution in [0.2, 0.25) is 0 Å². The lowest BCUT2D eigenvalue weighted by Crippen LogP contribution is -2.35. The average Bonchev–Trinajstić information content (AvgIpc) is 3.20. The number of thioether (sulfide) groups is 1. The largest absolute Gasteiger partial charge is 0.324 e. The van der Waals surface area contributed by atoms with Crippen LogP contribution >= 0.6 is 24.0 Å². The van der Waals surface area contributed by atoms with Crippen molar-refractivity contribution in [2.75, 3.05) is 23.3 Å². The van der Waals surface area contributed by atoms with E-state index in [1.54, 1.807) is 17.0 Å². The molecule has 0 aliphatic carbocycles. The van der Waals surface area contributed by atoms with Crippen molar-refractivity contribution in [1.29, 1.82) is 0 Å². The molecule has 6 nitrogen and oxygen atoms in total. The molecule has 2 aromatic carbocycles. The molecule has 32 heavy (non-hydrogen) atoms. The molecule has 2 aliphatic rings. The quantitative estimate of drug-likeness (QED) is 0.507. The van der Waals surface area contributed by atoms with E-state index in [9.17, 15) is 14.4 Å². The summed E-state index contributed by atoms with van der Waals surface area (Å²) >= 11 is 6.57. The number of hydrogen-bond acceptors (Lipinski definition) is 5. The van der Waals surface area contributed by atoms with Crippen LogP contribution in [0.5, 0.6) is 0 Å². The molecule has 8 heteroatoms. The van der Waals surface area contributed by atoms with Crippen molar-refractivity contribution < 1.29 is 14.4 Å². The number of anilines is 2. The Hall–Kier alpha value is -2.97. The molecule has 4 rings (SSSR count). The molecular weight excluding hydrogens is 442 g/mol. The third-order valence-corrected chi connectivity index (χ3v) is 6.90. The van der Waals surface area contributed by atoms with Crippen LogP contribution in [0.3, 0.4) is 0 Å². The summed E-state index contributed by atoms with van der Waals surface area (Å²) in [6.45, 7) is 4.34. The minimum atomic E-state index is -0.359. The van der Waals surface area contributed by atoms with Crippen LogP contribution in [0.15, 0.2) is 53.4 Å². The van der Waals surface area contributed by atoms with E-state index in [4.69, 9.17) is 12.2 Å². The van der Waals surface area contributed by atoms with Gasteiger partial charge in [0, 0.05) is 17.8 Å². The van der Waals surface area contributed by atoms with Gasteiger partial charge in [-0.25, -0.2) is 0 Å². The molecule has 0 bridgehead atoms. The highest BCUT2D eigenvalue weighted by atomic mass is 32.2. The number of hydrogen-bond donors (Lipinski definition) is 1. The molecule has 0 radical (unpaired) electrons. The Morgan fingerprint density at radius 2 is 1.75 bits per heavy atom. The van der Waals surface area contributed by atoms with Gasteiger partial charge < -0.3 is 5.32 Å². The van der Waals surface area contributed by atoms with E-state index in [2.05, 4.69) is 5.32 Å². The molecule has 0 spiro atoms. The van der Waals surface area contributed by atoms with Crippen molar-refractivity contribution >= 4 is 63.0 Å². The zero-order valence-corrected chi connectivity index (χ0v) is 19.5. The Balaban J connectivity index is 1.64. The molecular formula is C24H23N3O3S2. The van der Waals surface area contributed by atoms with Gasteiger partial charge in [-0.2, -0.15) is 0 Å². The Kier molecular flexibility index (Phi) is 6.43. The predicted molar refractivity (Wildman–Crippen MR) is 132 cm³/mol. The van der Waals surface area contributed by atoms with Crippen molar-refractivity contribution in [2.24, 2.45) is 0 Å². The number of fused-ring (bicyclic) bond motifs is 1. The number of benzene rings is 2. The fraction of sp³-hybridized carbons (Fsp3) is 0.250. The lowest BCUT2D eigenvalue weighted by molar-refractivity contribution is -0.122. The number of aryl methyl sites for hydroxylation is 1. The summed E-state index contributed by atoms with van der Waals surface area (Å²) in [6, 6.07) is 14.7. The normalized spacial score (nSPS) is 17.9. The summed E-state index contributed by atoms with van der Waals surface area (Å²) < 4.78 is 0.465. The van der Waals surface area contributed by atoms with Crippen molar-refractivity contribution in [3.05, 3.63) is 64.6 Å². The molecule has 1 fully saturated rings. The van der Waals surface area contributed by atoms with Crippen molar-refractivity contribution in [3.8, 4) is 0 Å². The van der Waals surface area contributed by atoms with Crippen molar-refractivity contribution in [3.63, 3.8) is 0 Å². The molecule has 3 amide bonds. The van der Waals surface area contributed by atoms with E-state index in [0.29, 0.717) is 38.3 Å². The van der Waals surface area contributed by atoms with Crippen molar-refractivity contribution in [2.45, 2.75) is 26.7 Å². The Bertz CT molecular complexity index is 1160. The maximum absolute atomic E-state index is 13.4. The van der Waals surface area contributed by atoms with Crippen LogP contribution in [0.25, 0.3) is 5.57 Å². The van der Waals surface area contributed by atoms with E-state index in [-0.39, 0.29) is 24.3 Å². The minimum absolute atomic E-state index is 0.149. The molecule has 0 saturated carbocycles. The van der Waals surface area contributed by atoms with Crippen LogP contribution < -0.4 is 10.2 Å². The van der Waals surface area contributed by atoms with E-state index < -0.39 is 0 Å². The van der Waals surface area contributed by atoms with Crippen LogP contribution in [0, 0.1) is 6.92 Å². The topological polar surface area (TPSA) is 69.7 Å². The second-order valence-electron chi connectivity index (χ2n) is 7.65. The van der Waals surface area contributed by atoms with Gasteiger partial charge in [-0.05, 0) is 31.0 Å². The highest BCUT2D eigenvalue weighted by Crippen LogP contribution is 2.44. The van der Waals surface area contributed by atoms with Crippen LogP contribution in [0.1, 0.15) is 30.9 Å². The Morgan fingerprint density at radius 3 is 2.50 bits per heavy atom. The first-order valence-corrected chi connectivity index (χ1v) is 11.7. The summed E-state index contributed by atoms with van der Waals surface area (Å²) in [7, 11) is 0. The first kappa shape index (κ1) is 22.2. The molecule has 2 aliphatic heterocycles. The number of nitrogens with zero attached hydrogens (tertiary/aromatic N) is 2. The molecule has 2 heterocycles. The maximum Gasteiger partial charge on any atom is 0.267 e. The van der Waals surface area contributed by atoms with Gasteiger partial charge >= 0.3 is 0 Å². The van der Waals surface area contributed by atoms with Gasteiger partial charge in [0.25, 0.3) is 11.8 Å². The number of carbonyl (C=O) groups excluding carboxylic acids is 3. The van der Waals surface area contributed by atoms with E-state index in [1.165, 1.54) is 4.90 Å². The molecule has 1 saturated heterocycles. The second kappa shape index (κ2) is 9.26. The average molecular weight is 466 g/mol. The lowest BCUT2D eigenvalue weighted by Gasteiger charge is -2.17. The number of rotatable bonds is 6. The van der Waals surface area contributed by atoms with Crippen LogP contribution in [0.4, 0.5) is 11.4 Å². The second-order valence-corrected chi connectivity index (χ2v) is 9.30. The first-order valence-electron chi connectivity index (χ1n) is 10.5. The molecule has 0 aromatic heterocycles. The first-order chi connectivity index (χ1) is 15.4. The summed E-state index contributed by atoms with van der Waals surface area (Å²) in [5.41, 5.74) is 3.23. The predicted octanol–water partition coefficient (Wildman–Crippen LogP) is 4.35. The number of unbranched alkanes of at least 4 members (excludes halogenated alkanes) is 1. The smallest absolute Gasteiger partial charge is 0.267 e. The number of nitrogens with one attached hydrogen (secondary N) is 1. The van der Waals surface area contributed by atoms with Crippen LogP contribution in [-0.4, -0.2) is 40.0 Å². The van der Waals surface area contributed by atoms with Gasteiger partial charge in [-0.1, -0.05) is 73.7 Å². The summed E-state index contributed by atoms with van der Waals surface area (Å²) in [4.78, 5) is 42.6. The van der Waals surface area contributed by atoms with Gasteiger partial charge in [-0.3, -0.25) is 24.2 Å². The highest BCUT2D eigenvalue weighted by molar-refractivity contribution is 8.26. The molecule has 0 atom stereocenters. The molecule has 2 aromatic rings. The van der Waals surface area contributed by atoms with Gasteiger partial charge in [-0.15, -0.1) is 0 Å². The molecule has 1 N–H and O–H groups in total. The number of para-hydroxylation sites is 2. The number of amides is 3. The minimum Gasteiger partial charge on any atom is -0.324 e. The monoisotopic (exact) mass is 465 g/mol. The lowest BCUT2D eigenvalue weighted by atomic mass is 10.1. The molecule has 164 valence electrons. The summed E-state index contributed by atoms with van der Waals surface area (Å²) in [5, 5.41) is 2.87.